The van der Waals surface area contributed by atoms with Crippen molar-refractivity contribution in [3.8, 4) is 0 Å². The molecule has 1 aliphatic heterocycles. The lowest BCUT2D eigenvalue weighted by atomic mass is 9.95. The summed E-state index contributed by atoms with van der Waals surface area (Å²) in [7, 11) is 2.12. The molecule has 31 heavy (non-hydrogen) atoms. The van der Waals surface area contributed by atoms with Gasteiger partial charge in [-0.05, 0) is 55.1 Å². The minimum Gasteiger partial charge on any atom is -0.356 e. The maximum atomic E-state index is 13.1. The zero-order chi connectivity index (χ0) is 22.4. The van der Waals surface area contributed by atoms with Crippen LogP contribution >= 0.6 is 22.9 Å². The minimum atomic E-state index is -0.690. The van der Waals surface area contributed by atoms with Gasteiger partial charge in [0, 0.05) is 33.0 Å². The van der Waals surface area contributed by atoms with Gasteiger partial charge in [-0.15, -0.1) is 11.3 Å². The summed E-state index contributed by atoms with van der Waals surface area (Å²) in [6.07, 6.45) is 2.55. The molecule has 0 fully saturated rings. The van der Waals surface area contributed by atoms with Gasteiger partial charge in [-0.2, -0.15) is 0 Å². The first-order chi connectivity index (χ1) is 14.8. The van der Waals surface area contributed by atoms with Crippen LogP contribution in [0, 0.1) is 0 Å². The predicted octanol–water partition coefficient (Wildman–Crippen LogP) is 2.87. The van der Waals surface area contributed by atoms with Gasteiger partial charge in [-0.3, -0.25) is 14.4 Å². The molecule has 2 heterocycles. The lowest BCUT2D eigenvalue weighted by Crippen LogP contribution is -2.43. The summed E-state index contributed by atoms with van der Waals surface area (Å²) in [4.78, 5) is 39.7. The van der Waals surface area contributed by atoms with Gasteiger partial charge in [0.1, 0.15) is 0 Å². The van der Waals surface area contributed by atoms with Gasteiger partial charge in [0.2, 0.25) is 5.91 Å². The van der Waals surface area contributed by atoms with Crippen molar-refractivity contribution in [1.82, 2.24) is 15.5 Å². The molecule has 2 aromatic rings. The molecule has 1 aliphatic rings. The zero-order valence-corrected chi connectivity index (χ0v) is 19.4. The van der Waals surface area contributed by atoms with Gasteiger partial charge in [0.05, 0.1) is 15.3 Å². The van der Waals surface area contributed by atoms with Crippen LogP contribution in [0.2, 0.25) is 4.34 Å². The number of hydrogen-bond acceptors (Lipinski definition) is 5. The largest absolute Gasteiger partial charge is 0.356 e. The molecule has 0 spiro atoms. The molecule has 0 saturated carbocycles. The van der Waals surface area contributed by atoms with Crippen molar-refractivity contribution in [3.63, 3.8) is 0 Å². The summed E-state index contributed by atoms with van der Waals surface area (Å²) in [5.74, 6) is -0.576. The number of carbonyl (C=O) groups excluding carboxylic acids is 3. The quantitative estimate of drug-likeness (QED) is 0.633. The van der Waals surface area contributed by atoms with Crippen molar-refractivity contribution in [1.29, 1.82) is 0 Å². The Hall–Kier alpha value is -2.22. The Kier molecular flexibility index (Phi) is 8.23. The highest BCUT2D eigenvalue weighted by Crippen LogP contribution is 2.22. The van der Waals surface area contributed by atoms with E-state index in [0.717, 1.165) is 31.5 Å². The highest BCUT2D eigenvalue weighted by molar-refractivity contribution is 7.18. The second-order valence-corrected chi connectivity index (χ2v) is 9.67. The van der Waals surface area contributed by atoms with Crippen molar-refractivity contribution < 1.29 is 14.4 Å². The number of likely N-dealkylation sites (N-methyl/N-ethyl adjacent to an activating group) is 1. The van der Waals surface area contributed by atoms with Gasteiger partial charge in [-0.1, -0.05) is 29.8 Å². The predicted molar refractivity (Wildman–Crippen MR) is 124 cm³/mol. The van der Waals surface area contributed by atoms with Crippen LogP contribution in [0.5, 0.6) is 0 Å². The average molecular weight is 462 g/mol. The zero-order valence-electron chi connectivity index (χ0n) is 17.9. The molecule has 166 valence electrons. The molecule has 0 saturated heterocycles. The van der Waals surface area contributed by atoms with Gasteiger partial charge in [0.15, 0.2) is 5.78 Å². The van der Waals surface area contributed by atoms with Crippen LogP contribution in [-0.2, 0) is 28.9 Å². The molecule has 8 heteroatoms. The molecule has 0 aliphatic carbocycles. The Balaban J connectivity index is 1.70. The SMILES string of the molecule is CC(=O)NCC[C@@H](NC(=O)c1ccc(Cl)s1)C(=O)Cc1ccc2c(c1)CCN(C)CC2. The monoisotopic (exact) mass is 461 g/mol. The van der Waals surface area contributed by atoms with E-state index < -0.39 is 6.04 Å². The average Bonchev–Trinajstić information content (AvgIpc) is 3.08. The van der Waals surface area contributed by atoms with Crippen LogP contribution in [0.15, 0.2) is 30.3 Å². The summed E-state index contributed by atoms with van der Waals surface area (Å²) in [6.45, 7) is 3.78. The van der Waals surface area contributed by atoms with E-state index in [2.05, 4.69) is 34.7 Å². The van der Waals surface area contributed by atoms with Crippen LogP contribution in [0.4, 0.5) is 0 Å². The number of ketones is 1. The number of nitrogens with one attached hydrogen (secondary N) is 2. The number of rotatable bonds is 8. The first kappa shape index (κ1) is 23.4. The van der Waals surface area contributed by atoms with Crippen LogP contribution in [0.1, 0.15) is 39.7 Å². The number of amides is 2. The lowest BCUT2D eigenvalue weighted by molar-refractivity contribution is -0.121. The number of thiophene rings is 1. The van der Waals surface area contributed by atoms with E-state index in [-0.39, 0.29) is 24.0 Å². The smallest absolute Gasteiger partial charge is 0.261 e. The summed E-state index contributed by atoms with van der Waals surface area (Å²) in [6, 6.07) is 8.86. The minimum absolute atomic E-state index is 0.0768. The van der Waals surface area contributed by atoms with Crippen LogP contribution < -0.4 is 10.6 Å². The van der Waals surface area contributed by atoms with Crippen molar-refractivity contribution in [2.24, 2.45) is 0 Å². The second-order valence-electron chi connectivity index (χ2n) is 7.95. The number of benzene rings is 1. The number of halogens is 1. The fourth-order valence-electron chi connectivity index (χ4n) is 3.70. The Morgan fingerprint density at radius 3 is 2.55 bits per heavy atom. The van der Waals surface area contributed by atoms with E-state index in [1.54, 1.807) is 12.1 Å². The molecular weight excluding hydrogens is 434 g/mol. The Labute approximate surface area is 192 Å². The van der Waals surface area contributed by atoms with E-state index in [0.29, 0.717) is 22.2 Å². The third kappa shape index (κ3) is 6.89. The standard InChI is InChI=1S/C23H28ClN3O3S/c1-15(28)25-10-7-19(26-23(30)21-5-6-22(24)31-21)20(29)14-16-3-4-17-8-11-27(2)12-9-18(17)13-16/h3-6,13,19H,7-12,14H2,1-2H3,(H,25,28)(H,26,30)/t19-/m1/s1. The van der Waals surface area contributed by atoms with E-state index in [9.17, 15) is 14.4 Å². The number of fused-ring (bicyclic) bond motifs is 1. The molecule has 1 atom stereocenters. The fraction of sp³-hybridized carbons (Fsp3) is 0.435. The van der Waals surface area contributed by atoms with Crippen molar-refractivity contribution in [2.45, 2.75) is 38.6 Å². The van der Waals surface area contributed by atoms with Gasteiger partial charge < -0.3 is 15.5 Å². The fourth-order valence-corrected chi connectivity index (χ4v) is 4.64. The number of nitrogens with zero attached hydrogens (tertiary/aromatic N) is 1. The van der Waals surface area contributed by atoms with E-state index in [1.807, 2.05) is 6.07 Å². The molecule has 2 amide bonds. The molecule has 1 aromatic carbocycles. The second kappa shape index (κ2) is 10.9. The Morgan fingerprint density at radius 2 is 1.87 bits per heavy atom. The lowest BCUT2D eigenvalue weighted by Gasteiger charge is -2.18. The van der Waals surface area contributed by atoms with E-state index in [1.165, 1.54) is 29.4 Å². The number of hydrogen-bond donors (Lipinski definition) is 2. The molecule has 0 bridgehead atoms. The molecule has 2 N–H and O–H groups in total. The van der Waals surface area contributed by atoms with E-state index >= 15 is 0 Å². The first-order valence-electron chi connectivity index (χ1n) is 10.4. The van der Waals surface area contributed by atoms with Gasteiger partial charge in [-0.25, -0.2) is 0 Å². The first-order valence-corrected chi connectivity index (χ1v) is 11.6. The third-order valence-corrected chi connectivity index (χ3v) is 6.70. The summed E-state index contributed by atoms with van der Waals surface area (Å²) >= 11 is 7.10. The van der Waals surface area contributed by atoms with Crippen LogP contribution in [-0.4, -0.2) is 55.2 Å². The molecular formula is C23H28ClN3O3S. The maximum Gasteiger partial charge on any atom is 0.261 e. The molecule has 0 unspecified atom stereocenters. The summed E-state index contributed by atoms with van der Waals surface area (Å²) in [5.41, 5.74) is 3.58. The maximum absolute atomic E-state index is 13.1. The molecule has 0 radical (unpaired) electrons. The normalized spacial score (nSPS) is 14.9. The Bertz CT molecular complexity index is 959. The van der Waals surface area contributed by atoms with Crippen molar-refractivity contribution >= 4 is 40.5 Å². The topological polar surface area (TPSA) is 78.5 Å². The summed E-state index contributed by atoms with van der Waals surface area (Å²) < 4.78 is 0.516. The highest BCUT2D eigenvalue weighted by Gasteiger charge is 2.23. The van der Waals surface area contributed by atoms with Crippen LogP contribution in [0.25, 0.3) is 0 Å². The number of Topliss-reactive ketones (excluding diaryl/α,β-unsaturated/α-hetero) is 1. The van der Waals surface area contributed by atoms with Crippen molar-refractivity contribution in [2.75, 3.05) is 26.7 Å². The number of carbonyl (C=O) groups is 3. The van der Waals surface area contributed by atoms with Gasteiger partial charge in [0.25, 0.3) is 5.91 Å². The van der Waals surface area contributed by atoms with Crippen molar-refractivity contribution in [3.05, 3.63) is 56.2 Å². The summed E-state index contributed by atoms with van der Waals surface area (Å²) in [5, 5.41) is 5.52. The molecule has 6 nitrogen and oxygen atoms in total. The van der Waals surface area contributed by atoms with E-state index in [4.69, 9.17) is 11.6 Å². The van der Waals surface area contributed by atoms with Gasteiger partial charge >= 0.3 is 0 Å². The Morgan fingerprint density at radius 1 is 1.13 bits per heavy atom. The molecule has 3 rings (SSSR count). The molecule has 1 aromatic heterocycles. The third-order valence-electron chi connectivity index (χ3n) is 5.47. The van der Waals surface area contributed by atoms with Crippen LogP contribution in [0.3, 0.4) is 0 Å². The highest BCUT2D eigenvalue weighted by atomic mass is 35.5.